The number of carbonyl (C=O) groups excluding carboxylic acids is 1. The molecule has 0 radical (unpaired) electrons. The summed E-state index contributed by atoms with van der Waals surface area (Å²) < 4.78 is 16.4. The minimum absolute atomic E-state index is 0.00743. The number of methoxy groups -OCH3 is 1. The maximum atomic E-state index is 12.9. The molecule has 0 aliphatic carbocycles. The molecule has 40 heavy (non-hydrogen) atoms. The van der Waals surface area contributed by atoms with Crippen molar-refractivity contribution >= 4 is 33.7 Å². The summed E-state index contributed by atoms with van der Waals surface area (Å²) in [6, 6.07) is 17.1. The van der Waals surface area contributed by atoms with Crippen LogP contribution in [0.1, 0.15) is 12.5 Å². The molecular weight excluding hydrogens is 516 g/mol. The van der Waals surface area contributed by atoms with Gasteiger partial charge < -0.3 is 34.4 Å². The Hall–Kier alpha value is -5.25. The molecule has 0 saturated carbocycles. The lowest BCUT2D eigenvalue weighted by Gasteiger charge is -2.19. The highest BCUT2D eigenvalue weighted by atomic mass is 16.5. The van der Waals surface area contributed by atoms with E-state index in [1.165, 1.54) is 31.2 Å². The molecule has 0 spiro atoms. The fourth-order valence-electron chi connectivity index (χ4n) is 4.53. The zero-order chi connectivity index (χ0) is 28.4. The van der Waals surface area contributed by atoms with E-state index in [9.17, 15) is 24.6 Å². The highest BCUT2D eigenvalue weighted by Gasteiger charge is 2.25. The number of hydrogen-bond acceptors (Lipinski definition) is 7. The first-order valence-corrected chi connectivity index (χ1v) is 12.4. The molecule has 2 heterocycles. The van der Waals surface area contributed by atoms with E-state index in [2.05, 4.69) is 10.3 Å². The van der Waals surface area contributed by atoms with Crippen molar-refractivity contribution in [3.8, 4) is 28.4 Å². The molecule has 4 N–H and O–H groups in total. The molecule has 0 aliphatic rings. The van der Waals surface area contributed by atoms with Crippen molar-refractivity contribution in [3.05, 3.63) is 88.9 Å². The topological polar surface area (TPSA) is 151 Å². The average Bonchev–Trinajstić information content (AvgIpc) is 3.33. The van der Waals surface area contributed by atoms with Crippen molar-refractivity contribution in [1.82, 2.24) is 10.3 Å². The Balaban J connectivity index is 1.32. The van der Waals surface area contributed by atoms with E-state index < -0.39 is 29.6 Å². The smallest absolute Gasteiger partial charge is 0.336 e. The maximum absolute atomic E-state index is 12.9. The molecule has 5 aromatic rings. The summed E-state index contributed by atoms with van der Waals surface area (Å²) >= 11 is 0. The van der Waals surface area contributed by atoms with Crippen molar-refractivity contribution in [2.45, 2.75) is 25.5 Å². The van der Waals surface area contributed by atoms with Gasteiger partial charge in [0.15, 0.2) is 6.10 Å². The van der Waals surface area contributed by atoms with Crippen LogP contribution in [0.5, 0.6) is 17.2 Å². The van der Waals surface area contributed by atoms with Crippen molar-refractivity contribution in [3.63, 3.8) is 0 Å². The number of H-pyrrole nitrogens is 1. The first-order chi connectivity index (χ1) is 19.2. The Kier molecular flexibility index (Phi) is 7.15. The van der Waals surface area contributed by atoms with Crippen molar-refractivity contribution in [1.29, 1.82) is 0 Å². The van der Waals surface area contributed by atoms with E-state index >= 15 is 0 Å². The number of carbonyl (C=O) groups is 2. The number of aromatic hydroxyl groups is 1. The summed E-state index contributed by atoms with van der Waals surface area (Å²) in [5, 5.41) is 23.4. The standard InChI is InChI=1S/C30H26N2O8/c1-16(29(35)32-26(30(36)37)11-18-15-31-25-10-5-19(33)12-24(18)25)39-21-8-9-22-23(14-28(34)40-27(22)13-21)17-3-6-20(38-2)7-4-17/h3-10,12-16,26,31,33H,11H2,1-2H3,(H,32,35)(H,36,37)/t16-,26+/m1/s1. The number of amides is 1. The first kappa shape index (κ1) is 26.4. The summed E-state index contributed by atoms with van der Waals surface area (Å²) in [4.78, 5) is 40.1. The SMILES string of the molecule is COc1ccc(-c2cc(=O)oc3cc(O[C@H](C)C(=O)N[C@@H](Cc4c[nH]c5ccc(O)cc45)C(=O)O)ccc23)cc1. The van der Waals surface area contributed by atoms with Gasteiger partial charge in [0.2, 0.25) is 0 Å². The van der Waals surface area contributed by atoms with Crippen LogP contribution in [0, 0.1) is 0 Å². The van der Waals surface area contributed by atoms with Gasteiger partial charge in [0, 0.05) is 41.0 Å². The van der Waals surface area contributed by atoms with Crippen molar-refractivity contribution < 1.29 is 33.7 Å². The molecule has 0 aliphatic heterocycles. The third-order valence-corrected chi connectivity index (χ3v) is 6.59. The molecule has 0 bridgehead atoms. The summed E-state index contributed by atoms with van der Waals surface area (Å²) in [6.45, 7) is 1.49. The molecule has 0 fully saturated rings. The molecule has 1 amide bonds. The summed E-state index contributed by atoms with van der Waals surface area (Å²) in [5.41, 5.74) is 2.56. The van der Waals surface area contributed by atoms with Crippen molar-refractivity contribution in [2.75, 3.05) is 7.11 Å². The number of phenolic OH excluding ortho intramolecular Hbond substituents is 1. The van der Waals surface area contributed by atoms with Gasteiger partial charge in [0.25, 0.3) is 5.91 Å². The number of fused-ring (bicyclic) bond motifs is 2. The van der Waals surface area contributed by atoms with E-state index in [-0.39, 0.29) is 23.5 Å². The van der Waals surface area contributed by atoms with Gasteiger partial charge in [-0.1, -0.05) is 12.1 Å². The number of phenols is 1. The quantitative estimate of drug-likeness (QED) is 0.202. The zero-order valence-electron chi connectivity index (χ0n) is 21.6. The van der Waals surface area contributed by atoms with Gasteiger partial charge in [-0.2, -0.15) is 0 Å². The number of nitrogens with one attached hydrogen (secondary N) is 2. The monoisotopic (exact) mass is 542 g/mol. The van der Waals surface area contributed by atoms with Gasteiger partial charge in [-0.25, -0.2) is 9.59 Å². The molecule has 204 valence electrons. The van der Waals surface area contributed by atoms with Crippen LogP contribution < -0.4 is 20.4 Å². The first-order valence-electron chi connectivity index (χ1n) is 12.4. The molecule has 0 unspecified atom stereocenters. The van der Waals surface area contributed by atoms with Gasteiger partial charge >= 0.3 is 11.6 Å². The maximum Gasteiger partial charge on any atom is 0.336 e. The molecule has 3 aromatic carbocycles. The van der Waals surface area contributed by atoms with Crippen LogP contribution in [0.2, 0.25) is 0 Å². The van der Waals surface area contributed by atoms with Crippen LogP contribution >= 0.6 is 0 Å². The Bertz CT molecular complexity index is 1770. The summed E-state index contributed by atoms with van der Waals surface area (Å²) in [5.74, 6) is -0.847. The number of carboxylic acids is 1. The predicted octanol–water partition coefficient (Wildman–Crippen LogP) is 4.23. The van der Waals surface area contributed by atoms with E-state index in [4.69, 9.17) is 13.9 Å². The highest BCUT2D eigenvalue weighted by Crippen LogP contribution is 2.31. The second-order valence-electron chi connectivity index (χ2n) is 9.27. The fraction of sp³-hybridized carbons (Fsp3) is 0.167. The third-order valence-electron chi connectivity index (χ3n) is 6.59. The molecule has 0 saturated heterocycles. The normalized spacial score (nSPS) is 12.7. The number of rotatable bonds is 9. The zero-order valence-corrected chi connectivity index (χ0v) is 21.6. The molecule has 10 heteroatoms. The van der Waals surface area contributed by atoms with Crippen LogP contribution in [-0.4, -0.2) is 46.3 Å². The number of ether oxygens (including phenoxy) is 2. The molecule has 2 aromatic heterocycles. The number of benzene rings is 3. The number of aliphatic carboxylic acids is 1. The third kappa shape index (κ3) is 5.46. The lowest BCUT2D eigenvalue weighted by molar-refractivity contribution is -0.142. The molecule has 10 nitrogen and oxygen atoms in total. The number of aromatic nitrogens is 1. The number of hydrogen-bond donors (Lipinski definition) is 4. The number of carboxylic acid groups (broad SMARTS) is 1. The van der Waals surface area contributed by atoms with E-state index in [1.807, 2.05) is 12.1 Å². The predicted molar refractivity (Wildman–Crippen MR) is 148 cm³/mol. The van der Waals surface area contributed by atoms with E-state index in [0.29, 0.717) is 27.6 Å². The molecule has 5 rings (SSSR count). The van der Waals surface area contributed by atoms with Crippen LogP contribution in [0.4, 0.5) is 0 Å². The Morgan fingerprint density at radius 3 is 2.48 bits per heavy atom. The largest absolute Gasteiger partial charge is 0.508 e. The van der Waals surface area contributed by atoms with Gasteiger partial charge in [0.05, 0.1) is 7.11 Å². The Morgan fingerprint density at radius 1 is 1.00 bits per heavy atom. The Morgan fingerprint density at radius 2 is 1.75 bits per heavy atom. The van der Waals surface area contributed by atoms with E-state index in [0.717, 1.165) is 11.1 Å². The second kappa shape index (κ2) is 10.9. The lowest BCUT2D eigenvalue weighted by atomic mass is 10.0. The van der Waals surface area contributed by atoms with Gasteiger partial charge in [-0.15, -0.1) is 0 Å². The van der Waals surface area contributed by atoms with Crippen LogP contribution in [0.3, 0.4) is 0 Å². The number of aromatic amines is 1. The second-order valence-corrected chi connectivity index (χ2v) is 9.27. The highest BCUT2D eigenvalue weighted by molar-refractivity contribution is 5.94. The minimum atomic E-state index is -1.23. The van der Waals surface area contributed by atoms with Crippen LogP contribution in [0.25, 0.3) is 33.0 Å². The van der Waals surface area contributed by atoms with Gasteiger partial charge in [-0.05, 0) is 66.1 Å². The molecular formula is C30H26N2O8. The average molecular weight is 543 g/mol. The van der Waals surface area contributed by atoms with Crippen molar-refractivity contribution in [2.24, 2.45) is 0 Å². The molecule has 2 atom stereocenters. The van der Waals surface area contributed by atoms with Crippen LogP contribution in [0.15, 0.2) is 82.1 Å². The van der Waals surface area contributed by atoms with Gasteiger partial charge in [-0.3, -0.25) is 4.79 Å². The Labute approximate surface area is 227 Å². The fourth-order valence-corrected chi connectivity index (χ4v) is 4.53. The summed E-state index contributed by atoms with van der Waals surface area (Å²) in [7, 11) is 1.57. The van der Waals surface area contributed by atoms with Crippen LogP contribution in [-0.2, 0) is 16.0 Å². The van der Waals surface area contributed by atoms with E-state index in [1.54, 1.807) is 43.6 Å². The lowest BCUT2D eigenvalue weighted by Crippen LogP contribution is -2.47. The summed E-state index contributed by atoms with van der Waals surface area (Å²) in [6.07, 6.45) is 0.588. The van der Waals surface area contributed by atoms with Gasteiger partial charge in [0.1, 0.15) is 28.9 Å². The minimum Gasteiger partial charge on any atom is -0.508 e.